The van der Waals surface area contributed by atoms with Gasteiger partial charge in [0.1, 0.15) is 0 Å². The Morgan fingerprint density at radius 1 is 1.24 bits per heavy atom. The van der Waals surface area contributed by atoms with E-state index in [4.69, 9.17) is 0 Å². The highest BCUT2D eigenvalue weighted by molar-refractivity contribution is 5.97. The molecule has 5 nitrogen and oxygen atoms in total. The maximum atomic E-state index is 12.3. The van der Waals surface area contributed by atoms with E-state index in [0.717, 1.165) is 36.3 Å². The molecule has 0 aromatic heterocycles. The molecule has 1 aromatic rings. The van der Waals surface area contributed by atoms with Crippen molar-refractivity contribution in [2.75, 3.05) is 23.3 Å². The van der Waals surface area contributed by atoms with Gasteiger partial charge in [-0.1, -0.05) is 25.8 Å². The van der Waals surface area contributed by atoms with Crippen LogP contribution in [0.2, 0.25) is 0 Å². The number of carbonyl (C=O) groups excluding carboxylic acids is 2. The summed E-state index contributed by atoms with van der Waals surface area (Å²) < 4.78 is 0. The van der Waals surface area contributed by atoms with E-state index in [9.17, 15) is 9.59 Å². The molecule has 3 rings (SSSR count). The van der Waals surface area contributed by atoms with Crippen molar-refractivity contribution in [2.24, 2.45) is 5.92 Å². The monoisotopic (exact) mass is 343 g/mol. The average molecular weight is 343 g/mol. The Bertz CT molecular complexity index is 644. The second-order valence-corrected chi connectivity index (χ2v) is 7.39. The zero-order valence-electron chi connectivity index (χ0n) is 15.3. The van der Waals surface area contributed by atoms with Crippen LogP contribution in [0.1, 0.15) is 51.0 Å². The van der Waals surface area contributed by atoms with Gasteiger partial charge in [-0.15, -0.1) is 0 Å². The van der Waals surface area contributed by atoms with Crippen LogP contribution in [0.3, 0.4) is 0 Å². The lowest BCUT2D eigenvalue weighted by Crippen LogP contribution is -2.43. The molecule has 2 atom stereocenters. The third kappa shape index (κ3) is 4.14. The maximum absolute atomic E-state index is 12.3. The third-order valence-electron chi connectivity index (χ3n) is 5.57. The predicted octanol–water partition coefficient (Wildman–Crippen LogP) is 3.23. The molecule has 2 N–H and O–H groups in total. The molecular formula is C20H29N3O2. The molecule has 2 fully saturated rings. The predicted molar refractivity (Wildman–Crippen MR) is 101 cm³/mol. The van der Waals surface area contributed by atoms with Crippen molar-refractivity contribution in [3.8, 4) is 0 Å². The van der Waals surface area contributed by atoms with Crippen molar-refractivity contribution in [1.82, 2.24) is 5.32 Å². The smallest absolute Gasteiger partial charge is 0.239 e. The highest BCUT2D eigenvalue weighted by Gasteiger charge is 2.24. The molecule has 2 aliphatic rings. The van der Waals surface area contributed by atoms with Crippen LogP contribution in [0.4, 0.5) is 11.4 Å². The van der Waals surface area contributed by atoms with E-state index in [2.05, 4.69) is 17.6 Å². The van der Waals surface area contributed by atoms with Gasteiger partial charge in [-0.3, -0.25) is 9.59 Å². The van der Waals surface area contributed by atoms with Gasteiger partial charge in [-0.25, -0.2) is 0 Å². The van der Waals surface area contributed by atoms with Crippen LogP contribution >= 0.6 is 0 Å². The first-order valence-corrected chi connectivity index (χ1v) is 9.49. The largest absolute Gasteiger partial charge is 0.376 e. The molecule has 0 radical (unpaired) electrons. The highest BCUT2D eigenvalue weighted by atomic mass is 16.2. The van der Waals surface area contributed by atoms with Crippen molar-refractivity contribution in [3.05, 3.63) is 23.8 Å². The van der Waals surface area contributed by atoms with Gasteiger partial charge in [0.15, 0.2) is 0 Å². The number of rotatable bonds is 5. The second-order valence-electron chi connectivity index (χ2n) is 7.39. The van der Waals surface area contributed by atoms with Crippen LogP contribution in [0.15, 0.2) is 18.2 Å². The molecule has 2 amide bonds. The van der Waals surface area contributed by atoms with E-state index in [0.29, 0.717) is 18.4 Å². The van der Waals surface area contributed by atoms with E-state index in [1.807, 2.05) is 30.0 Å². The van der Waals surface area contributed by atoms with E-state index < -0.39 is 0 Å². The van der Waals surface area contributed by atoms with Crippen LogP contribution in [0, 0.1) is 12.8 Å². The molecule has 1 saturated carbocycles. The lowest BCUT2D eigenvalue weighted by atomic mass is 9.86. The fourth-order valence-corrected chi connectivity index (χ4v) is 3.97. The first-order chi connectivity index (χ1) is 12.1. The molecular weight excluding hydrogens is 314 g/mol. The summed E-state index contributed by atoms with van der Waals surface area (Å²) in [6.07, 6.45) is 6.29. The number of hydrogen-bond acceptors (Lipinski definition) is 3. The summed E-state index contributed by atoms with van der Waals surface area (Å²) in [6, 6.07) is 6.19. The van der Waals surface area contributed by atoms with Crippen molar-refractivity contribution in [3.63, 3.8) is 0 Å². The summed E-state index contributed by atoms with van der Waals surface area (Å²) in [6.45, 7) is 5.27. The standard InChI is InChI=1S/C20H29N3O2/c1-14-7-3-4-8-16(14)22-19(24)13-21-17-9-5-10-18(15(17)2)23-12-6-11-20(23)25/h5,9-10,14,16,21H,3-4,6-8,11-13H2,1-2H3,(H,22,24)/t14-,16+/m0/s1. The SMILES string of the molecule is Cc1c(NCC(=O)N[C@@H]2CCCC[C@@H]2C)cccc1N1CCCC1=O. The van der Waals surface area contributed by atoms with Crippen LogP contribution in [0.5, 0.6) is 0 Å². The number of hydrogen-bond donors (Lipinski definition) is 2. The first-order valence-electron chi connectivity index (χ1n) is 9.49. The van der Waals surface area contributed by atoms with Gasteiger partial charge < -0.3 is 15.5 Å². The first kappa shape index (κ1) is 17.8. The summed E-state index contributed by atoms with van der Waals surface area (Å²) >= 11 is 0. The summed E-state index contributed by atoms with van der Waals surface area (Å²) in [5.41, 5.74) is 2.90. The maximum Gasteiger partial charge on any atom is 0.239 e. The molecule has 25 heavy (non-hydrogen) atoms. The highest BCUT2D eigenvalue weighted by Crippen LogP contribution is 2.30. The molecule has 0 unspecified atom stereocenters. The minimum atomic E-state index is 0.0424. The second kappa shape index (κ2) is 7.89. The number of nitrogens with zero attached hydrogens (tertiary/aromatic N) is 1. The Balaban J connectivity index is 1.59. The normalized spacial score (nSPS) is 23.6. The van der Waals surface area contributed by atoms with Gasteiger partial charge in [-0.2, -0.15) is 0 Å². The Labute approximate surface area is 150 Å². The molecule has 1 heterocycles. The minimum absolute atomic E-state index is 0.0424. The molecule has 5 heteroatoms. The number of amides is 2. The van der Waals surface area contributed by atoms with E-state index >= 15 is 0 Å². The lowest BCUT2D eigenvalue weighted by molar-refractivity contribution is -0.120. The van der Waals surface area contributed by atoms with Gasteiger partial charge in [0, 0.05) is 30.4 Å². The topological polar surface area (TPSA) is 61.4 Å². The van der Waals surface area contributed by atoms with Crippen molar-refractivity contribution in [1.29, 1.82) is 0 Å². The van der Waals surface area contributed by atoms with Crippen molar-refractivity contribution in [2.45, 2.75) is 58.4 Å². The van der Waals surface area contributed by atoms with E-state index in [1.165, 1.54) is 19.3 Å². The Morgan fingerprint density at radius 2 is 2.04 bits per heavy atom. The van der Waals surface area contributed by atoms with E-state index in [1.54, 1.807) is 0 Å². The minimum Gasteiger partial charge on any atom is -0.376 e. The van der Waals surface area contributed by atoms with Crippen molar-refractivity contribution < 1.29 is 9.59 Å². The Hall–Kier alpha value is -2.04. The fraction of sp³-hybridized carbons (Fsp3) is 0.600. The number of nitrogens with one attached hydrogen (secondary N) is 2. The average Bonchev–Trinajstić information content (AvgIpc) is 3.02. The van der Waals surface area contributed by atoms with Gasteiger partial charge >= 0.3 is 0 Å². The zero-order valence-corrected chi connectivity index (χ0v) is 15.3. The molecule has 1 saturated heterocycles. The molecule has 0 spiro atoms. The quantitative estimate of drug-likeness (QED) is 0.863. The van der Waals surface area contributed by atoms with Gasteiger partial charge in [0.05, 0.1) is 6.54 Å². The number of anilines is 2. The Morgan fingerprint density at radius 3 is 2.76 bits per heavy atom. The summed E-state index contributed by atoms with van der Waals surface area (Å²) in [4.78, 5) is 26.1. The molecule has 1 aliphatic heterocycles. The Kier molecular flexibility index (Phi) is 5.61. The van der Waals surface area contributed by atoms with Crippen LogP contribution in [-0.2, 0) is 9.59 Å². The van der Waals surface area contributed by atoms with Crippen LogP contribution < -0.4 is 15.5 Å². The zero-order chi connectivity index (χ0) is 17.8. The van der Waals surface area contributed by atoms with Gasteiger partial charge in [-0.05, 0) is 49.8 Å². The molecule has 0 bridgehead atoms. The number of benzene rings is 1. The lowest BCUT2D eigenvalue weighted by Gasteiger charge is -2.29. The van der Waals surface area contributed by atoms with Crippen LogP contribution in [0.25, 0.3) is 0 Å². The number of carbonyl (C=O) groups is 2. The van der Waals surface area contributed by atoms with E-state index in [-0.39, 0.29) is 18.4 Å². The van der Waals surface area contributed by atoms with Crippen LogP contribution in [-0.4, -0.2) is 30.9 Å². The molecule has 136 valence electrons. The molecule has 1 aromatic carbocycles. The summed E-state index contributed by atoms with van der Waals surface area (Å²) in [5.74, 6) is 0.786. The van der Waals surface area contributed by atoms with Crippen molar-refractivity contribution >= 4 is 23.2 Å². The summed E-state index contributed by atoms with van der Waals surface area (Å²) in [7, 11) is 0. The molecule has 1 aliphatic carbocycles. The van der Waals surface area contributed by atoms with Gasteiger partial charge in [0.25, 0.3) is 0 Å². The summed E-state index contributed by atoms with van der Waals surface area (Å²) in [5, 5.41) is 6.41. The third-order valence-corrected chi connectivity index (χ3v) is 5.57. The van der Waals surface area contributed by atoms with Gasteiger partial charge in [0.2, 0.25) is 11.8 Å². The fourth-order valence-electron chi connectivity index (χ4n) is 3.97.